The van der Waals surface area contributed by atoms with E-state index in [-0.39, 0.29) is 17.5 Å². The Morgan fingerprint density at radius 1 is 1.45 bits per heavy atom. The summed E-state index contributed by atoms with van der Waals surface area (Å²) in [6.45, 7) is 4.00. The molecule has 0 aromatic carbocycles. The van der Waals surface area contributed by atoms with E-state index in [0.29, 0.717) is 0 Å². The number of nitrogens with zero attached hydrogens (tertiary/aromatic N) is 2. The van der Waals surface area contributed by atoms with E-state index < -0.39 is 0 Å². The van der Waals surface area contributed by atoms with Crippen LogP contribution in [0.4, 0.5) is 0 Å². The molecule has 2 rings (SSSR count). The van der Waals surface area contributed by atoms with Gasteiger partial charge >= 0.3 is 0 Å². The summed E-state index contributed by atoms with van der Waals surface area (Å²) in [4.78, 5) is 12.1. The lowest BCUT2D eigenvalue weighted by Gasteiger charge is -2.10. The first-order valence-corrected chi connectivity index (χ1v) is 7.08. The monoisotopic (exact) mass is 271 g/mol. The van der Waals surface area contributed by atoms with E-state index in [1.165, 1.54) is 0 Å². The number of hydrogen-bond acceptors (Lipinski definition) is 2. The van der Waals surface area contributed by atoms with Gasteiger partial charge in [0.05, 0.1) is 0 Å². The van der Waals surface area contributed by atoms with Crippen molar-refractivity contribution < 1.29 is 4.79 Å². The molecular formula is C16H21N3O. The quantitative estimate of drug-likeness (QED) is 0.678. The first kappa shape index (κ1) is 14.4. The van der Waals surface area contributed by atoms with Gasteiger partial charge in [-0.25, -0.2) is 0 Å². The highest BCUT2D eigenvalue weighted by Gasteiger charge is 2.19. The van der Waals surface area contributed by atoms with Crippen LogP contribution >= 0.6 is 0 Å². The van der Waals surface area contributed by atoms with Crippen molar-refractivity contribution in [1.29, 1.82) is 5.26 Å². The molecule has 4 heteroatoms. The number of aromatic nitrogens is 1. The van der Waals surface area contributed by atoms with Crippen molar-refractivity contribution in [3.05, 3.63) is 28.6 Å². The smallest absolute Gasteiger partial charge is 0.262 e. The van der Waals surface area contributed by atoms with Crippen LogP contribution in [0.2, 0.25) is 0 Å². The van der Waals surface area contributed by atoms with Crippen molar-refractivity contribution in [1.82, 2.24) is 9.88 Å². The molecule has 20 heavy (non-hydrogen) atoms. The zero-order chi connectivity index (χ0) is 14.7. The lowest BCUT2D eigenvalue weighted by Crippen LogP contribution is -2.33. The van der Waals surface area contributed by atoms with Crippen molar-refractivity contribution in [3.8, 4) is 6.07 Å². The summed E-state index contributed by atoms with van der Waals surface area (Å²) >= 11 is 0. The van der Waals surface area contributed by atoms with Gasteiger partial charge in [0, 0.05) is 24.5 Å². The van der Waals surface area contributed by atoms with Gasteiger partial charge in [0.2, 0.25) is 0 Å². The third-order valence-corrected chi connectivity index (χ3v) is 4.17. The number of nitrogens with one attached hydrogen (secondary N) is 1. The second kappa shape index (κ2) is 5.96. The highest BCUT2D eigenvalue weighted by atomic mass is 16.1. The second-order valence-corrected chi connectivity index (χ2v) is 5.51. The molecule has 1 heterocycles. The van der Waals surface area contributed by atoms with Gasteiger partial charge in [0.25, 0.3) is 5.91 Å². The maximum absolute atomic E-state index is 12.1. The molecule has 1 N–H and O–H groups in total. The van der Waals surface area contributed by atoms with Crippen LogP contribution in [0.1, 0.15) is 42.6 Å². The average molecular weight is 271 g/mol. The molecule has 0 unspecified atom stereocenters. The molecule has 0 radical (unpaired) electrons. The third-order valence-electron chi connectivity index (χ3n) is 4.17. The fraction of sp³-hybridized carbons (Fsp3) is 0.500. The van der Waals surface area contributed by atoms with Crippen LogP contribution in [0, 0.1) is 25.2 Å². The molecule has 0 atom stereocenters. The minimum absolute atomic E-state index is 0.186. The van der Waals surface area contributed by atoms with E-state index in [4.69, 9.17) is 0 Å². The standard InChI is InChI=1S/C16H21N3O/c1-11-8-13(12(2)19(11)3)9-14(10-17)16(20)18-15-6-4-5-7-15/h8-9,15H,4-7H2,1-3H3,(H,18,20)/b14-9-. The molecule has 1 fully saturated rings. The van der Waals surface area contributed by atoms with Crippen LogP contribution in [0.15, 0.2) is 11.6 Å². The van der Waals surface area contributed by atoms with E-state index in [9.17, 15) is 10.1 Å². The molecule has 0 saturated heterocycles. The van der Waals surface area contributed by atoms with Gasteiger partial charge < -0.3 is 9.88 Å². The molecule has 1 aromatic rings. The summed E-state index contributed by atoms with van der Waals surface area (Å²) in [6, 6.07) is 4.25. The predicted molar refractivity (Wildman–Crippen MR) is 78.9 cm³/mol. The summed E-state index contributed by atoms with van der Waals surface area (Å²) in [6.07, 6.45) is 6.05. The van der Waals surface area contributed by atoms with E-state index >= 15 is 0 Å². The third kappa shape index (κ3) is 2.93. The van der Waals surface area contributed by atoms with Gasteiger partial charge in [-0.05, 0) is 44.4 Å². The predicted octanol–water partition coefficient (Wildman–Crippen LogP) is 2.61. The molecule has 0 aliphatic heterocycles. The van der Waals surface area contributed by atoms with Crippen LogP contribution in [0.5, 0.6) is 0 Å². The van der Waals surface area contributed by atoms with Crippen LogP contribution in [-0.2, 0) is 11.8 Å². The summed E-state index contributed by atoms with van der Waals surface area (Å²) in [5.41, 5.74) is 3.29. The molecule has 4 nitrogen and oxygen atoms in total. The molecule has 0 bridgehead atoms. The van der Waals surface area contributed by atoms with Crippen LogP contribution in [-0.4, -0.2) is 16.5 Å². The molecule has 106 valence electrons. The maximum Gasteiger partial charge on any atom is 0.262 e. The van der Waals surface area contributed by atoms with Crippen LogP contribution in [0.25, 0.3) is 6.08 Å². The molecule has 1 amide bonds. The van der Waals surface area contributed by atoms with Gasteiger partial charge in [-0.2, -0.15) is 5.26 Å². The highest BCUT2D eigenvalue weighted by Crippen LogP contribution is 2.19. The number of rotatable bonds is 3. The first-order valence-electron chi connectivity index (χ1n) is 7.08. The molecule has 1 aliphatic carbocycles. The van der Waals surface area contributed by atoms with E-state index in [0.717, 1.165) is 42.6 Å². The summed E-state index contributed by atoms with van der Waals surface area (Å²) < 4.78 is 2.05. The summed E-state index contributed by atoms with van der Waals surface area (Å²) in [7, 11) is 1.98. The summed E-state index contributed by atoms with van der Waals surface area (Å²) in [5, 5.41) is 12.2. The second-order valence-electron chi connectivity index (χ2n) is 5.51. The zero-order valence-corrected chi connectivity index (χ0v) is 12.4. The van der Waals surface area contributed by atoms with E-state index in [1.54, 1.807) is 6.08 Å². The number of hydrogen-bond donors (Lipinski definition) is 1. The molecule has 1 aromatic heterocycles. The Bertz CT molecular complexity index is 584. The van der Waals surface area contributed by atoms with Crippen molar-refractivity contribution in [2.24, 2.45) is 7.05 Å². The molecule has 1 saturated carbocycles. The van der Waals surface area contributed by atoms with E-state index in [2.05, 4.69) is 9.88 Å². The molecular weight excluding hydrogens is 250 g/mol. The topological polar surface area (TPSA) is 57.8 Å². The van der Waals surface area contributed by atoms with Crippen LogP contribution < -0.4 is 5.32 Å². The highest BCUT2D eigenvalue weighted by molar-refractivity contribution is 6.02. The first-order chi connectivity index (χ1) is 9.52. The van der Waals surface area contributed by atoms with Gasteiger partial charge in [0.15, 0.2) is 0 Å². The maximum atomic E-state index is 12.1. The lowest BCUT2D eigenvalue weighted by molar-refractivity contribution is -0.117. The Hall–Kier alpha value is -2.02. The number of carbonyl (C=O) groups is 1. The minimum Gasteiger partial charge on any atom is -0.352 e. The molecule has 0 spiro atoms. The van der Waals surface area contributed by atoms with Crippen molar-refractivity contribution in [2.45, 2.75) is 45.6 Å². The Morgan fingerprint density at radius 3 is 2.60 bits per heavy atom. The van der Waals surface area contributed by atoms with Crippen molar-refractivity contribution >= 4 is 12.0 Å². The Morgan fingerprint density at radius 2 is 2.10 bits per heavy atom. The average Bonchev–Trinajstić information content (AvgIpc) is 3.01. The Balaban J connectivity index is 2.18. The normalized spacial score (nSPS) is 16.2. The van der Waals surface area contributed by atoms with Crippen molar-refractivity contribution in [2.75, 3.05) is 0 Å². The van der Waals surface area contributed by atoms with E-state index in [1.807, 2.05) is 33.0 Å². The van der Waals surface area contributed by atoms with Crippen LogP contribution in [0.3, 0.4) is 0 Å². The fourth-order valence-electron chi connectivity index (χ4n) is 2.67. The minimum atomic E-state index is -0.250. The summed E-state index contributed by atoms with van der Waals surface area (Å²) in [5.74, 6) is -0.250. The number of carbonyl (C=O) groups excluding carboxylic acids is 1. The van der Waals surface area contributed by atoms with Gasteiger partial charge in [0.1, 0.15) is 11.6 Å². The van der Waals surface area contributed by atoms with Gasteiger partial charge in [-0.1, -0.05) is 12.8 Å². The number of amides is 1. The van der Waals surface area contributed by atoms with Gasteiger partial charge in [-0.15, -0.1) is 0 Å². The Labute approximate surface area is 120 Å². The lowest BCUT2D eigenvalue weighted by atomic mass is 10.1. The zero-order valence-electron chi connectivity index (χ0n) is 12.4. The number of aryl methyl sites for hydroxylation is 1. The SMILES string of the molecule is Cc1cc(/C=C(/C#N)C(=O)NC2CCCC2)c(C)n1C. The largest absolute Gasteiger partial charge is 0.352 e. The number of nitriles is 1. The van der Waals surface area contributed by atoms with Crippen molar-refractivity contribution in [3.63, 3.8) is 0 Å². The fourth-order valence-corrected chi connectivity index (χ4v) is 2.67. The Kier molecular flexibility index (Phi) is 4.29. The van der Waals surface area contributed by atoms with Gasteiger partial charge in [-0.3, -0.25) is 4.79 Å². The molecule has 1 aliphatic rings.